The second-order valence-electron chi connectivity index (χ2n) is 9.04. The summed E-state index contributed by atoms with van der Waals surface area (Å²) in [6.45, 7) is 8.35. The summed E-state index contributed by atoms with van der Waals surface area (Å²) in [4.78, 5) is 22.6. The third-order valence-electron chi connectivity index (χ3n) is 6.25. The predicted molar refractivity (Wildman–Crippen MR) is 153 cm³/mol. The summed E-state index contributed by atoms with van der Waals surface area (Å²) in [5.74, 6) is -0.405. The molecule has 0 radical (unpaired) electrons. The Hall–Kier alpha value is -4.18. The molecule has 1 amide bonds. The maximum absolute atomic E-state index is 14.2. The van der Waals surface area contributed by atoms with Crippen LogP contribution in [-0.2, 0) is 11.2 Å². The van der Waals surface area contributed by atoms with Crippen LogP contribution in [-0.4, -0.2) is 36.2 Å². The van der Waals surface area contributed by atoms with Crippen LogP contribution >= 0.6 is 11.6 Å². The van der Waals surface area contributed by atoms with Gasteiger partial charge in [-0.15, -0.1) is 0 Å². The summed E-state index contributed by atoms with van der Waals surface area (Å²) in [6, 6.07) is 7.90. The maximum Gasteiger partial charge on any atom is 0.302 e. The van der Waals surface area contributed by atoms with Crippen molar-refractivity contribution in [2.45, 2.75) is 40.2 Å². The summed E-state index contributed by atoms with van der Waals surface area (Å²) in [5, 5.41) is 20.1. The first-order valence-electron chi connectivity index (χ1n) is 12.6. The number of oxazole rings is 1. The number of aromatic nitrogens is 1. The molecule has 39 heavy (non-hydrogen) atoms. The van der Waals surface area contributed by atoms with Gasteiger partial charge in [0.05, 0.1) is 5.57 Å². The van der Waals surface area contributed by atoms with Gasteiger partial charge in [0, 0.05) is 52.9 Å². The summed E-state index contributed by atoms with van der Waals surface area (Å²) < 4.78 is 20.1. The number of rotatable bonds is 9. The third-order valence-corrected chi connectivity index (χ3v) is 6.58. The normalized spacial score (nSPS) is 15.6. The van der Waals surface area contributed by atoms with Gasteiger partial charge in [-0.1, -0.05) is 30.7 Å². The van der Waals surface area contributed by atoms with Gasteiger partial charge in [-0.3, -0.25) is 10.1 Å². The fraction of sp³-hybridized carbons (Fsp3) is 0.286. The lowest BCUT2D eigenvalue weighted by Crippen LogP contribution is -2.39. The van der Waals surface area contributed by atoms with Crippen molar-refractivity contribution >= 4 is 46.8 Å². The number of fused-ring (bicyclic) bond motifs is 1. The zero-order valence-corrected chi connectivity index (χ0v) is 23.0. The van der Waals surface area contributed by atoms with E-state index in [0.29, 0.717) is 63.0 Å². The van der Waals surface area contributed by atoms with Gasteiger partial charge >= 0.3 is 6.01 Å². The van der Waals surface area contributed by atoms with Crippen LogP contribution in [0.15, 0.2) is 62.8 Å². The number of hydrogen-bond donors (Lipinski definition) is 5. The molecule has 4 rings (SSSR count). The molecule has 9 nitrogen and oxygen atoms in total. The number of allylic oxidation sites excluding steroid dienone is 1. The van der Waals surface area contributed by atoms with Crippen LogP contribution in [0.1, 0.15) is 43.5 Å². The Morgan fingerprint density at radius 1 is 1.26 bits per heavy atom. The predicted octanol–water partition coefficient (Wildman–Crippen LogP) is 5.14. The number of benzene rings is 2. The summed E-state index contributed by atoms with van der Waals surface area (Å²) in [5.41, 5.74) is 4.50. The van der Waals surface area contributed by atoms with Crippen LogP contribution in [0.3, 0.4) is 0 Å². The van der Waals surface area contributed by atoms with E-state index in [1.165, 1.54) is 12.3 Å². The minimum absolute atomic E-state index is 0.134. The van der Waals surface area contributed by atoms with Gasteiger partial charge in [-0.2, -0.15) is 4.98 Å². The number of nitrogens with zero attached hydrogens (tertiary/aromatic N) is 2. The number of halogens is 2. The van der Waals surface area contributed by atoms with Crippen LogP contribution in [0, 0.1) is 18.2 Å². The van der Waals surface area contributed by atoms with Crippen molar-refractivity contribution in [3.05, 3.63) is 80.9 Å². The molecule has 0 aliphatic carbocycles. The van der Waals surface area contributed by atoms with Crippen LogP contribution in [0.4, 0.5) is 10.4 Å². The average molecular weight is 552 g/mol. The van der Waals surface area contributed by atoms with Crippen LogP contribution in [0.25, 0.3) is 11.1 Å². The van der Waals surface area contributed by atoms with Crippen molar-refractivity contribution in [2.75, 3.05) is 18.4 Å². The zero-order chi connectivity index (χ0) is 28.1. The molecule has 1 aliphatic rings. The second-order valence-corrected chi connectivity index (χ2v) is 9.45. The molecular formula is C28H31ClFN7O2. The van der Waals surface area contributed by atoms with Crippen LogP contribution < -0.4 is 21.3 Å². The number of carbonyl (C=O) groups is 1. The first-order valence-corrected chi connectivity index (χ1v) is 13.0. The topological polar surface area (TPSA) is 127 Å². The molecule has 0 bridgehead atoms. The molecule has 0 fully saturated rings. The number of guanidine groups is 1. The molecular weight excluding hydrogens is 521 g/mol. The summed E-state index contributed by atoms with van der Waals surface area (Å²) in [6.07, 6.45) is 3.33. The number of aryl methyl sites for hydroxylation is 2. The molecule has 5 N–H and O–H groups in total. The summed E-state index contributed by atoms with van der Waals surface area (Å²) in [7, 11) is 0. The lowest BCUT2D eigenvalue weighted by molar-refractivity contribution is -0.117. The second kappa shape index (κ2) is 12.1. The van der Waals surface area contributed by atoms with Gasteiger partial charge in [0.1, 0.15) is 17.4 Å². The standard InChI is InChI=1S/C28H31ClFN7O2/c1-5-18-21(30)9-10-22-25(18)39-28(35-22)37-27-34-16(4)23(26(38)33-14-17(12-31)13-32-6-2)24(36-27)19-8-7-15(3)11-20(19)29/h7-13,24,31-32H,5-6,14H2,1-4H3,(H,33,38)(H2,34,35,36,37)/b17-13+,31-12?. The van der Waals surface area contributed by atoms with Gasteiger partial charge in [0.25, 0.3) is 5.91 Å². The number of nitrogens with one attached hydrogen (secondary N) is 5. The highest BCUT2D eigenvalue weighted by Gasteiger charge is 2.31. The van der Waals surface area contributed by atoms with E-state index < -0.39 is 6.04 Å². The monoisotopic (exact) mass is 551 g/mol. The third kappa shape index (κ3) is 6.12. The van der Waals surface area contributed by atoms with E-state index in [1.807, 2.05) is 39.0 Å². The highest BCUT2D eigenvalue weighted by molar-refractivity contribution is 6.31. The van der Waals surface area contributed by atoms with Crippen molar-refractivity contribution in [1.29, 1.82) is 5.41 Å². The SMILES string of the molecule is CCN/C=C(\C=N)CNC(=O)C1=C(C)NC(Nc2nc3ccc(F)c(CC)c3o2)=NC1c1ccc(C)cc1Cl. The van der Waals surface area contributed by atoms with Gasteiger partial charge in [-0.05, 0) is 51.0 Å². The fourth-order valence-electron chi connectivity index (χ4n) is 4.27. The highest BCUT2D eigenvalue weighted by atomic mass is 35.5. The Balaban J connectivity index is 1.67. The Bertz CT molecular complexity index is 1510. The summed E-state index contributed by atoms with van der Waals surface area (Å²) >= 11 is 6.62. The Morgan fingerprint density at radius 3 is 2.74 bits per heavy atom. The molecule has 0 spiro atoms. The van der Waals surface area contributed by atoms with E-state index in [0.717, 1.165) is 5.56 Å². The van der Waals surface area contributed by atoms with E-state index in [2.05, 4.69) is 26.3 Å². The number of hydrogen-bond acceptors (Lipinski definition) is 8. The van der Waals surface area contributed by atoms with Crippen molar-refractivity contribution < 1.29 is 13.6 Å². The lowest BCUT2D eigenvalue weighted by Gasteiger charge is -2.27. The van der Waals surface area contributed by atoms with Gasteiger partial charge in [0.2, 0.25) is 5.96 Å². The Morgan fingerprint density at radius 2 is 2.05 bits per heavy atom. The Kier molecular flexibility index (Phi) is 8.65. The number of carbonyl (C=O) groups excluding carboxylic acids is 1. The van der Waals surface area contributed by atoms with E-state index in [9.17, 15) is 9.18 Å². The van der Waals surface area contributed by atoms with Crippen molar-refractivity contribution in [1.82, 2.24) is 20.9 Å². The molecule has 204 valence electrons. The minimum atomic E-state index is -0.740. The fourth-order valence-corrected chi connectivity index (χ4v) is 4.61. The maximum atomic E-state index is 14.2. The average Bonchev–Trinajstić information content (AvgIpc) is 3.30. The van der Waals surface area contributed by atoms with E-state index in [-0.39, 0.29) is 24.3 Å². The Labute approximate surface area is 231 Å². The van der Waals surface area contributed by atoms with Crippen molar-refractivity contribution in [3.63, 3.8) is 0 Å². The number of anilines is 1. The molecule has 1 aliphatic heterocycles. The van der Waals surface area contributed by atoms with Crippen LogP contribution in [0.5, 0.6) is 0 Å². The molecule has 1 atom stereocenters. The van der Waals surface area contributed by atoms with Gasteiger partial charge in [-0.25, -0.2) is 9.38 Å². The van der Waals surface area contributed by atoms with Crippen molar-refractivity contribution in [3.8, 4) is 0 Å². The molecule has 3 aromatic rings. The molecule has 1 aromatic heterocycles. The molecule has 0 saturated heterocycles. The largest absolute Gasteiger partial charge is 0.423 e. The van der Waals surface area contributed by atoms with Crippen molar-refractivity contribution in [2.24, 2.45) is 4.99 Å². The number of aliphatic imine (C=N–C) groups is 1. The highest BCUT2D eigenvalue weighted by Crippen LogP contribution is 2.35. The zero-order valence-electron chi connectivity index (χ0n) is 22.2. The first-order chi connectivity index (χ1) is 18.7. The molecule has 2 aromatic carbocycles. The van der Waals surface area contributed by atoms with E-state index in [1.54, 1.807) is 19.2 Å². The molecule has 1 unspecified atom stereocenters. The van der Waals surface area contributed by atoms with Gasteiger partial charge < -0.3 is 25.8 Å². The number of amides is 1. The first kappa shape index (κ1) is 27.8. The van der Waals surface area contributed by atoms with Gasteiger partial charge in [0.15, 0.2) is 5.58 Å². The van der Waals surface area contributed by atoms with Crippen LogP contribution in [0.2, 0.25) is 5.02 Å². The molecule has 11 heteroatoms. The molecule has 0 saturated carbocycles. The van der Waals surface area contributed by atoms with E-state index in [4.69, 9.17) is 26.4 Å². The molecule has 2 heterocycles. The minimum Gasteiger partial charge on any atom is -0.423 e. The quantitative estimate of drug-likeness (QED) is 0.234. The smallest absolute Gasteiger partial charge is 0.302 e. The lowest BCUT2D eigenvalue weighted by atomic mass is 9.95. The van der Waals surface area contributed by atoms with E-state index >= 15 is 0 Å².